The van der Waals surface area contributed by atoms with Crippen LogP contribution in [0.2, 0.25) is 0 Å². The molecule has 0 aliphatic rings. The summed E-state index contributed by atoms with van der Waals surface area (Å²) in [5, 5.41) is 13.6. The Morgan fingerprint density at radius 3 is 2.41 bits per heavy atom. The van der Waals surface area contributed by atoms with E-state index in [0.29, 0.717) is 10.6 Å². The Bertz CT molecular complexity index is 1770. The van der Waals surface area contributed by atoms with Crippen LogP contribution in [0, 0.1) is 18.6 Å². The number of nitrogens with two attached hydrogens (primary N) is 1. The zero-order chi connectivity index (χ0) is 27.7. The lowest BCUT2D eigenvalue weighted by molar-refractivity contribution is 0.100. The molecule has 0 bridgehead atoms. The number of hydrogen-bond acceptors (Lipinski definition) is 6. The van der Waals surface area contributed by atoms with Gasteiger partial charge in [0.15, 0.2) is 10.8 Å². The number of aromatic hydroxyl groups is 1. The predicted octanol–water partition coefficient (Wildman–Crippen LogP) is 5.06. The Hall–Kier alpha value is -4.70. The summed E-state index contributed by atoms with van der Waals surface area (Å²) in [5.74, 6) is -2.32. The first-order valence-electron chi connectivity index (χ1n) is 11.9. The fraction of sp³-hybridized carbons (Fsp3) is 0.103. The molecule has 5 aromatic rings. The third kappa shape index (κ3) is 5.32. The van der Waals surface area contributed by atoms with E-state index < -0.39 is 23.1 Å². The highest BCUT2D eigenvalue weighted by Gasteiger charge is 2.21. The molecule has 2 heterocycles. The molecular weight excluding hydrogens is 522 g/mol. The average molecular weight is 545 g/mol. The first kappa shape index (κ1) is 25.9. The summed E-state index contributed by atoms with van der Waals surface area (Å²) in [6.07, 6.45) is -0.104. The second kappa shape index (κ2) is 10.6. The van der Waals surface area contributed by atoms with Crippen LogP contribution in [0.3, 0.4) is 0 Å². The lowest BCUT2D eigenvalue weighted by Gasteiger charge is -2.16. The number of benzene rings is 3. The molecule has 0 fully saturated rings. The summed E-state index contributed by atoms with van der Waals surface area (Å²) in [6.45, 7) is 2.05. The van der Waals surface area contributed by atoms with Crippen molar-refractivity contribution < 1.29 is 18.7 Å². The molecule has 7 nitrogen and oxygen atoms in total. The van der Waals surface area contributed by atoms with Crippen molar-refractivity contribution in [3.8, 4) is 27.8 Å². The predicted molar refractivity (Wildman–Crippen MR) is 145 cm³/mol. The van der Waals surface area contributed by atoms with Crippen LogP contribution in [0.5, 0.6) is 5.88 Å². The van der Waals surface area contributed by atoms with Gasteiger partial charge in [-0.3, -0.25) is 14.2 Å². The van der Waals surface area contributed by atoms with Crippen LogP contribution in [0.25, 0.3) is 22.0 Å². The minimum absolute atomic E-state index is 0.00489. The van der Waals surface area contributed by atoms with E-state index in [9.17, 15) is 19.1 Å². The van der Waals surface area contributed by atoms with Gasteiger partial charge >= 0.3 is 0 Å². The summed E-state index contributed by atoms with van der Waals surface area (Å²) in [5.41, 5.74) is 6.76. The molecular formula is C29H22F2N4O3S. The molecule has 0 saturated heterocycles. The zero-order valence-corrected chi connectivity index (χ0v) is 21.5. The maximum absolute atomic E-state index is 15.2. The summed E-state index contributed by atoms with van der Waals surface area (Å²) >= 11 is 1.31. The SMILES string of the molecule is Cc1csc(-c2nc(=O)c(Cc3ccc(-c4ccc(F)cc4C(N)=O)c(F)c3)c(O)n2Cc2ccccc2)n1. The van der Waals surface area contributed by atoms with Gasteiger partial charge in [0.2, 0.25) is 11.8 Å². The van der Waals surface area contributed by atoms with E-state index in [1.165, 1.54) is 34.1 Å². The highest BCUT2D eigenvalue weighted by molar-refractivity contribution is 7.13. The fourth-order valence-corrected chi connectivity index (χ4v) is 5.11. The van der Waals surface area contributed by atoms with Gasteiger partial charge in [-0.05, 0) is 41.8 Å². The first-order chi connectivity index (χ1) is 18.7. The zero-order valence-electron chi connectivity index (χ0n) is 20.7. The van der Waals surface area contributed by atoms with Crippen LogP contribution in [0.15, 0.2) is 76.9 Å². The number of rotatable bonds is 7. The smallest absolute Gasteiger partial charge is 0.280 e. The molecule has 0 unspecified atom stereocenters. The van der Waals surface area contributed by atoms with Crippen molar-refractivity contribution in [3.63, 3.8) is 0 Å². The van der Waals surface area contributed by atoms with Gasteiger partial charge in [0.1, 0.15) is 11.6 Å². The van der Waals surface area contributed by atoms with Gasteiger partial charge in [-0.25, -0.2) is 13.8 Å². The first-order valence-corrected chi connectivity index (χ1v) is 12.8. The van der Waals surface area contributed by atoms with Crippen LogP contribution in [0.1, 0.15) is 32.7 Å². The van der Waals surface area contributed by atoms with Crippen molar-refractivity contribution in [2.24, 2.45) is 5.73 Å². The molecule has 39 heavy (non-hydrogen) atoms. The molecule has 0 aliphatic heterocycles. The highest BCUT2D eigenvalue weighted by atomic mass is 32.1. The van der Waals surface area contributed by atoms with Gasteiger partial charge in [-0.2, -0.15) is 4.98 Å². The van der Waals surface area contributed by atoms with Gasteiger partial charge in [0, 0.05) is 28.6 Å². The third-order valence-corrected chi connectivity index (χ3v) is 7.15. The lowest BCUT2D eigenvalue weighted by atomic mass is 9.96. The number of carbonyl (C=O) groups excluding carboxylic acids is 1. The van der Waals surface area contributed by atoms with E-state index >= 15 is 4.39 Å². The van der Waals surface area contributed by atoms with Crippen LogP contribution in [-0.2, 0) is 13.0 Å². The number of aryl methyl sites for hydroxylation is 1. The molecule has 10 heteroatoms. The number of primary amides is 1. The van der Waals surface area contributed by atoms with Gasteiger partial charge in [-0.15, -0.1) is 11.3 Å². The van der Waals surface area contributed by atoms with Crippen molar-refractivity contribution in [1.82, 2.24) is 14.5 Å². The normalized spacial score (nSPS) is 11.1. The molecule has 0 spiro atoms. The summed E-state index contributed by atoms with van der Waals surface area (Å²) in [7, 11) is 0. The number of amides is 1. The molecule has 0 saturated carbocycles. The third-order valence-electron chi connectivity index (χ3n) is 6.19. The standard InChI is InChI=1S/C29H22F2N4O3S/c1-16-15-39-28(33-16)26-34-27(37)23(29(38)35(26)14-17-5-3-2-4-6-17)11-18-7-9-21(24(31)12-18)20-10-8-19(30)13-22(20)25(32)36/h2-10,12-13,15,38H,11,14H2,1H3,(H2,32,36). The molecule has 1 amide bonds. The van der Waals surface area contributed by atoms with Crippen molar-refractivity contribution in [3.05, 3.63) is 122 Å². The van der Waals surface area contributed by atoms with Gasteiger partial charge in [0.05, 0.1) is 12.1 Å². The van der Waals surface area contributed by atoms with E-state index in [4.69, 9.17) is 5.73 Å². The molecule has 0 atom stereocenters. The minimum Gasteiger partial charge on any atom is -0.494 e. The van der Waals surface area contributed by atoms with Gasteiger partial charge < -0.3 is 10.8 Å². The van der Waals surface area contributed by atoms with Crippen LogP contribution >= 0.6 is 11.3 Å². The fourth-order valence-electron chi connectivity index (χ4n) is 4.32. The van der Waals surface area contributed by atoms with Crippen LogP contribution in [-0.4, -0.2) is 25.5 Å². The van der Waals surface area contributed by atoms with Crippen molar-refractivity contribution in [1.29, 1.82) is 0 Å². The van der Waals surface area contributed by atoms with Gasteiger partial charge in [0.25, 0.3) is 5.56 Å². The second-order valence-corrected chi connectivity index (χ2v) is 9.81. The molecule has 2 aromatic heterocycles. The highest BCUT2D eigenvalue weighted by Crippen LogP contribution is 2.30. The summed E-state index contributed by atoms with van der Waals surface area (Å²) < 4.78 is 30.4. The maximum Gasteiger partial charge on any atom is 0.280 e. The van der Waals surface area contributed by atoms with Crippen LogP contribution < -0.4 is 11.3 Å². The Balaban J connectivity index is 1.56. The Morgan fingerprint density at radius 1 is 1.00 bits per heavy atom. The minimum atomic E-state index is -0.890. The lowest BCUT2D eigenvalue weighted by Crippen LogP contribution is -2.21. The van der Waals surface area contributed by atoms with E-state index in [1.807, 2.05) is 42.6 Å². The number of carbonyl (C=O) groups is 1. The molecule has 3 aromatic carbocycles. The molecule has 5 rings (SSSR count). The summed E-state index contributed by atoms with van der Waals surface area (Å²) in [6, 6.07) is 16.9. The largest absolute Gasteiger partial charge is 0.494 e. The number of hydrogen-bond donors (Lipinski definition) is 2. The molecule has 196 valence electrons. The summed E-state index contributed by atoms with van der Waals surface area (Å²) in [4.78, 5) is 33.6. The molecule has 0 radical (unpaired) electrons. The Labute approximate surface area is 225 Å². The number of nitrogens with zero attached hydrogens (tertiary/aromatic N) is 3. The van der Waals surface area contributed by atoms with Crippen molar-refractivity contribution >= 4 is 17.2 Å². The van der Waals surface area contributed by atoms with E-state index in [0.717, 1.165) is 23.4 Å². The topological polar surface area (TPSA) is 111 Å². The quantitative estimate of drug-likeness (QED) is 0.297. The van der Waals surface area contributed by atoms with Crippen LogP contribution in [0.4, 0.5) is 8.78 Å². The van der Waals surface area contributed by atoms with E-state index in [1.54, 1.807) is 6.07 Å². The van der Waals surface area contributed by atoms with Crippen molar-refractivity contribution in [2.45, 2.75) is 19.9 Å². The Kier molecular flexibility index (Phi) is 7.03. The maximum atomic E-state index is 15.2. The van der Waals surface area contributed by atoms with Gasteiger partial charge in [-0.1, -0.05) is 48.5 Å². The van der Waals surface area contributed by atoms with E-state index in [-0.39, 0.29) is 46.9 Å². The molecule has 0 aliphatic carbocycles. The monoisotopic (exact) mass is 544 g/mol. The van der Waals surface area contributed by atoms with E-state index in [2.05, 4.69) is 9.97 Å². The second-order valence-electron chi connectivity index (χ2n) is 8.95. The number of halogens is 2. The molecule has 3 N–H and O–H groups in total. The average Bonchev–Trinajstić information content (AvgIpc) is 3.35. The number of thiazole rings is 1. The number of aromatic nitrogens is 3. The Morgan fingerprint density at radius 2 is 1.74 bits per heavy atom. The van der Waals surface area contributed by atoms with Crippen molar-refractivity contribution in [2.75, 3.05) is 0 Å².